The van der Waals surface area contributed by atoms with Crippen LogP contribution in [0.15, 0.2) is 16.8 Å². The first-order valence-corrected chi connectivity index (χ1v) is 5.44. The van der Waals surface area contributed by atoms with Crippen LogP contribution in [0.3, 0.4) is 0 Å². The molecule has 0 aromatic carbocycles. The van der Waals surface area contributed by atoms with Gasteiger partial charge in [-0.25, -0.2) is 4.99 Å². The van der Waals surface area contributed by atoms with Gasteiger partial charge in [0.1, 0.15) is 0 Å². The van der Waals surface area contributed by atoms with Crippen LogP contribution in [-0.4, -0.2) is 24.6 Å². The molecular formula is C9H16N2OS. The van der Waals surface area contributed by atoms with Crippen molar-refractivity contribution in [1.29, 1.82) is 0 Å². The summed E-state index contributed by atoms with van der Waals surface area (Å²) in [5.41, 5.74) is 6.91. The van der Waals surface area contributed by atoms with Gasteiger partial charge >= 0.3 is 0 Å². The molecule has 0 bridgehead atoms. The van der Waals surface area contributed by atoms with Crippen molar-refractivity contribution in [2.75, 3.05) is 19.5 Å². The topological polar surface area (TPSA) is 47.6 Å². The van der Waals surface area contributed by atoms with Crippen LogP contribution >= 0.6 is 11.8 Å². The number of methoxy groups -OCH3 is 1. The average molecular weight is 200 g/mol. The lowest BCUT2D eigenvalue weighted by molar-refractivity contribution is 0.193. The Morgan fingerprint density at radius 1 is 1.62 bits per heavy atom. The lowest BCUT2D eigenvalue weighted by Crippen LogP contribution is -2.10. The minimum Gasteiger partial charge on any atom is -0.385 e. The first-order valence-electron chi connectivity index (χ1n) is 4.46. The van der Waals surface area contributed by atoms with Gasteiger partial charge in [-0.1, -0.05) is 11.8 Å². The van der Waals surface area contributed by atoms with Crippen LogP contribution in [0.2, 0.25) is 0 Å². The number of ether oxygens (including phenoxy) is 1. The van der Waals surface area contributed by atoms with Crippen molar-refractivity contribution in [2.45, 2.75) is 19.3 Å². The summed E-state index contributed by atoms with van der Waals surface area (Å²) in [6.45, 7) is 0.853. The summed E-state index contributed by atoms with van der Waals surface area (Å²) in [6, 6.07) is 0. The Kier molecular flexibility index (Phi) is 4.93. The van der Waals surface area contributed by atoms with Gasteiger partial charge in [0.2, 0.25) is 0 Å². The van der Waals surface area contributed by atoms with Crippen molar-refractivity contribution in [3.8, 4) is 0 Å². The average Bonchev–Trinajstić information content (AvgIpc) is 2.15. The zero-order valence-corrected chi connectivity index (χ0v) is 8.77. The molecule has 0 spiro atoms. The van der Waals surface area contributed by atoms with Crippen molar-refractivity contribution in [3.05, 3.63) is 11.8 Å². The molecule has 0 atom stereocenters. The van der Waals surface area contributed by atoms with Crippen molar-refractivity contribution in [2.24, 2.45) is 10.7 Å². The van der Waals surface area contributed by atoms with Crippen LogP contribution in [-0.2, 0) is 4.74 Å². The molecule has 0 saturated heterocycles. The number of nitrogens with zero attached hydrogens (tertiary/aromatic N) is 1. The first kappa shape index (κ1) is 10.6. The van der Waals surface area contributed by atoms with E-state index in [9.17, 15) is 0 Å². The Hall–Kier alpha value is -0.480. The van der Waals surface area contributed by atoms with E-state index in [0.29, 0.717) is 5.17 Å². The Balaban J connectivity index is 2.15. The van der Waals surface area contributed by atoms with Crippen LogP contribution in [0.5, 0.6) is 0 Å². The lowest BCUT2D eigenvalue weighted by Gasteiger charge is -2.09. The van der Waals surface area contributed by atoms with Crippen LogP contribution in [0, 0.1) is 0 Å². The molecule has 1 aliphatic rings. The second-order valence-electron chi connectivity index (χ2n) is 2.99. The fourth-order valence-corrected chi connectivity index (χ4v) is 1.81. The van der Waals surface area contributed by atoms with Gasteiger partial charge in [-0.3, -0.25) is 0 Å². The van der Waals surface area contributed by atoms with Gasteiger partial charge in [-0.05, 0) is 24.8 Å². The summed E-state index contributed by atoms with van der Waals surface area (Å²) < 4.78 is 4.98. The number of unbranched alkanes of at least 4 members (excludes halogenated alkanes) is 1. The third-order valence-corrected chi connectivity index (χ3v) is 2.79. The van der Waals surface area contributed by atoms with Gasteiger partial charge in [-0.2, -0.15) is 0 Å². The van der Waals surface area contributed by atoms with Gasteiger partial charge < -0.3 is 10.5 Å². The summed E-state index contributed by atoms with van der Waals surface area (Å²) in [6.07, 6.45) is 5.32. The van der Waals surface area contributed by atoms with Crippen LogP contribution in [0.4, 0.5) is 0 Å². The Bertz CT molecular complexity index is 214. The molecule has 0 saturated carbocycles. The number of amidine groups is 1. The van der Waals surface area contributed by atoms with E-state index in [1.807, 2.05) is 6.20 Å². The number of hydrogen-bond donors (Lipinski definition) is 1. The second kappa shape index (κ2) is 6.05. The molecule has 0 aromatic heterocycles. The summed E-state index contributed by atoms with van der Waals surface area (Å²) >= 11 is 1.62. The quantitative estimate of drug-likeness (QED) is 0.688. The predicted octanol–water partition coefficient (Wildman–Crippen LogP) is 1.75. The molecule has 1 rings (SSSR count). The van der Waals surface area contributed by atoms with Gasteiger partial charge in [0.25, 0.3) is 0 Å². The van der Waals surface area contributed by atoms with Crippen molar-refractivity contribution >= 4 is 16.9 Å². The second-order valence-corrected chi connectivity index (χ2v) is 3.99. The summed E-state index contributed by atoms with van der Waals surface area (Å²) in [4.78, 5) is 4.07. The maximum absolute atomic E-state index is 5.52. The van der Waals surface area contributed by atoms with E-state index >= 15 is 0 Å². The summed E-state index contributed by atoms with van der Waals surface area (Å²) in [5, 5.41) is 0.681. The largest absolute Gasteiger partial charge is 0.385 e. The van der Waals surface area contributed by atoms with E-state index in [1.54, 1.807) is 18.9 Å². The maximum atomic E-state index is 5.52. The van der Waals surface area contributed by atoms with Crippen molar-refractivity contribution in [3.63, 3.8) is 0 Å². The lowest BCUT2D eigenvalue weighted by atomic mass is 10.1. The molecule has 0 fully saturated rings. The number of nitrogens with two attached hydrogens (primary N) is 1. The fourth-order valence-electron chi connectivity index (χ4n) is 1.13. The normalized spacial score (nSPS) is 16.7. The SMILES string of the molecule is COCCCCC1=CN=C(N)SC1. The third kappa shape index (κ3) is 4.33. The fraction of sp³-hybridized carbons (Fsp3) is 0.667. The Labute approximate surface area is 83.4 Å². The molecule has 3 nitrogen and oxygen atoms in total. The number of aliphatic imine (C=N–C) groups is 1. The number of hydrogen-bond acceptors (Lipinski definition) is 4. The molecule has 74 valence electrons. The van der Waals surface area contributed by atoms with Crippen LogP contribution in [0.1, 0.15) is 19.3 Å². The molecular weight excluding hydrogens is 184 g/mol. The Morgan fingerprint density at radius 2 is 2.46 bits per heavy atom. The highest BCUT2D eigenvalue weighted by molar-refractivity contribution is 8.14. The standard InChI is InChI=1S/C9H16N2OS/c1-12-5-3-2-4-8-6-11-9(10)13-7-8/h6H,2-5,7H2,1H3,(H2,10,11). The zero-order chi connectivity index (χ0) is 9.52. The molecule has 0 radical (unpaired) electrons. The summed E-state index contributed by atoms with van der Waals surface area (Å²) in [7, 11) is 1.74. The molecule has 4 heteroatoms. The van der Waals surface area contributed by atoms with Gasteiger partial charge in [-0.15, -0.1) is 0 Å². The molecule has 0 aromatic rings. The highest BCUT2D eigenvalue weighted by Crippen LogP contribution is 2.18. The van der Waals surface area contributed by atoms with E-state index in [2.05, 4.69) is 4.99 Å². The van der Waals surface area contributed by atoms with E-state index in [0.717, 1.165) is 25.2 Å². The molecule has 0 amide bonds. The minimum atomic E-state index is 0.681. The van der Waals surface area contributed by atoms with Crippen LogP contribution < -0.4 is 5.73 Å². The monoisotopic (exact) mass is 200 g/mol. The number of rotatable bonds is 5. The van der Waals surface area contributed by atoms with Gasteiger partial charge in [0.15, 0.2) is 5.17 Å². The van der Waals surface area contributed by atoms with Crippen molar-refractivity contribution in [1.82, 2.24) is 0 Å². The van der Waals surface area contributed by atoms with E-state index in [4.69, 9.17) is 10.5 Å². The molecule has 2 N–H and O–H groups in total. The van der Waals surface area contributed by atoms with Gasteiger partial charge in [0.05, 0.1) is 0 Å². The van der Waals surface area contributed by atoms with E-state index in [1.165, 1.54) is 12.0 Å². The highest BCUT2D eigenvalue weighted by Gasteiger charge is 2.04. The third-order valence-electron chi connectivity index (χ3n) is 1.88. The first-order chi connectivity index (χ1) is 6.33. The predicted molar refractivity (Wildman–Crippen MR) is 57.9 cm³/mol. The van der Waals surface area contributed by atoms with Crippen LogP contribution in [0.25, 0.3) is 0 Å². The minimum absolute atomic E-state index is 0.681. The van der Waals surface area contributed by atoms with Gasteiger partial charge in [0, 0.05) is 25.7 Å². The Morgan fingerprint density at radius 3 is 3.08 bits per heavy atom. The van der Waals surface area contributed by atoms with Crippen molar-refractivity contribution < 1.29 is 4.74 Å². The highest BCUT2D eigenvalue weighted by atomic mass is 32.2. The van der Waals surface area contributed by atoms with E-state index < -0.39 is 0 Å². The smallest absolute Gasteiger partial charge is 0.158 e. The maximum Gasteiger partial charge on any atom is 0.158 e. The molecule has 1 aliphatic heterocycles. The van der Waals surface area contributed by atoms with E-state index in [-0.39, 0.29) is 0 Å². The molecule has 1 heterocycles. The zero-order valence-electron chi connectivity index (χ0n) is 7.95. The molecule has 13 heavy (non-hydrogen) atoms. The molecule has 0 unspecified atom stereocenters. The molecule has 0 aliphatic carbocycles. The summed E-state index contributed by atoms with van der Waals surface area (Å²) in [5.74, 6) is 1.00. The number of thioether (sulfide) groups is 1.